The second kappa shape index (κ2) is 5.40. The van der Waals surface area contributed by atoms with Gasteiger partial charge < -0.3 is 15.4 Å². The first-order chi connectivity index (χ1) is 8.64. The van der Waals surface area contributed by atoms with Gasteiger partial charge in [0.15, 0.2) is 0 Å². The van der Waals surface area contributed by atoms with E-state index in [2.05, 4.69) is 10.6 Å². The van der Waals surface area contributed by atoms with Gasteiger partial charge in [0.05, 0.1) is 12.6 Å². The van der Waals surface area contributed by atoms with E-state index in [1.807, 2.05) is 31.2 Å². The van der Waals surface area contributed by atoms with Gasteiger partial charge in [-0.2, -0.15) is 0 Å². The fraction of sp³-hybridized carbons (Fsp3) is 0.500. The van der Waals surface area contributed by atoms with Crippen LogP contribution in [-0.4, -0.2) is 31.6 Å². The minimum Gasteiger partial charge on any atom is -0.497 e. The first-order valence-corrected chi connectivity index (χ1v) is 6.30. The monoisotopic (exact) mass is 248 g/mol. The van der Waals surface area contributed by atoms with Crippen molar-refractivity contribution in [2.75, 3.05) is 20.2 Å². The van der Waals surface area contributed by atoms with Crippen LogP contribution >= 0.6 is 0 Å². The van der Waals surface area contributed by atoms with Crippen molar-refractivity contribution in [3.8, 4) is 5.75 Å². The summed E-state index contributed by atoms with van der Waals surface area (Å²) in [5, 5.41) is 6.21. The van der Waals surface area contributed by atoms with Crippen LogP contribution in [0.5, 0.6) is 5.75 Å². The Morgan fingerprint density at radius 3 is 2.61 bits per heavy atom. The van der Waals surface area contributed by atoms with Crippen molar-refractivity contribution in [2.45, 2.75) is 25.3 Å². The van der Waals surface area contributed by atoms with Gasteiger partial charge in [0.1, 0.15) is 5.75 Å². The van der Waals surface area contributed by atoms with Gasteiger partial charge in [0.2, 0.25) is 5.91 Å². The van der Waals surface area contributed by atoms with Crippen molar-refractivity contribution in [2.24, 2.45) is 0 Å². The molecule has 4 nitrogen and oxygen atoms in total. The lowest BCUT2D eigenvalue weighted by Gasteiger charge is -2.34. The topological polar surface area (TPSA) is 50.4 Å². The number of carbonyl (C=O) groups is 1. The van der Waals surface area contributed by atoms with Crippen LogP contribution in [0.25, 0.3) is 0 Å². The molecular weight excluding hydrogens is 228 g/mol. The van der Waals surface area contributed by atoms with Gasteiger partial charge in [0, 0.05) is 13.1 Å². The van der Waals surface area contributed by atoms with Crippen LogP contribution in [0.1, 0.15) is 18.9 Å². The molecule has 0 bridgehead atoms. The SMILES string of the molecule is COc1ccc(CCC2(C)NCCNC2=O)cc1. The minimum absolute atomic E-state index is 0.0993. The van der Waals surface area contributed by atoms with E-state index in [-0.39, 0.29) is 5.91 Å². The number of hydrogen-bond donors (Lipinski definition) is 2. The van der Waals surface area contributed by atoms with Crippen LogP contribution in [0.2, 0.25) is 0 Å². The Hall–Kier alpha value is -1.55. The van der Waals surface area contributed by atoms with Gasteiger partial charge in [-0.3, -0.25) is 4.79 Å². The Bertz CT molecular complexity index is 416. The van der Waals surface area contributed by atoms with E-state index in [0.717, 1.165) is 31.7 Å². The summed E-state index contributed by atoms with van der Waals surface area (Å²) < 4.78 is 5.12. The highest BCUT2D eigenvalue weighted by Crippen LogP contribution is 2.18. The number of piperazine rings is 1. The normalized spacial score (nSPS) is 23.6. The molecule has 1 aromatic carbocycles. The Morgan fingerprint density at radius 2 is 2.00 bits per heavy atom. The molecule has 0 aliphatic carbocycles. The third-order valence-corrected chi connectivity index (χ3v) is 3.50. The fourth-order valence-electron chi connectivity index (χ4n) is 2.18. The van der Waals surface area contributed by atoms with Crippen LogP contribution in [-0.2, 0) is 11.2 Å². The van der Waals surface area contributed by atoms with Crippen LogP contribution < -0.4 is 15.4 Å². The van der Waals surface area contributed by atoms with Gasteiger partial charge in [-0.05, 0) is 37.5 Å². The Morgan fingerprint density at radius 1 is 1.28 bits per heavy atom. The molecule has 2 N–H and O–H groups in total. The molecule has 1 aliphatic rings. The molecular formula is C14H20N2O2. The smallest absolute Gasteiger partial charge is 0.240 e. The maximum atomic E-state index is 11.8. The quantitative estimate of drug-likeness (QED) is 0.839. The zero-order chi connectivity index (χ0) is 13.0. The molecule has 1 aromatic rings. The molecule has 1 amide bonds. The molecule has 0 saturated carbocycles. The van der Waals surface area contributed by atoms with Gasteiger partial charge in [0.25, 0.3) is 0 Å². The lowest BCUT2D eigenvalue weighted by Crippen LogP contribution is -2.61. The third-order valence-electron chi connectivity index (χ3n) is 3.50. The van der Waals surface area contributed by atoms with Gasteiger partial charge in [-0.15, -0.1) is 0 Å². The van der Waals surface area contributed by atoms with E-state index < -0.39 is 5.54 Å². The molecule has 1 fully saturated rings. The Kier molecular flexibility index (Phi) is 3.87. The molecule has 1 aliphatic heterocycles. The number of aryl methyl sites for hydroxylation is 1. The summed E-state index contributed by atoms with van der Waals surface area (Å²) in [5.41, 5.74) is 0.773. The van der Waals surface area contributed by atoms with Gasteiger partial charge in [-0.25, -0.2) is 0 Å². The van der Waals surface area contributed by atoms with Crippen molar-refractivity contribution < 1.29 is 9.53 Å². The molecule has 4 heteroatoms. The van der Waals surface area contributed by atoms with Crippen molar-refractivity contribution in [3.63, 3.8) is 0 Å². The zero-order valence-corrected chi connectivity index (χ0v) is 11.0. The number of ether oxygens (including phenoxy) is 1. The van der Waals surface area contributed by atoms with E-state index in [1.54, 1.807) is 7.11 Å². The molecule has 0 spiro atoms. The molecule has 18 heavy (non-hydrogen) atoms. The highest BCUT2D eigenvalue weighted by molar-refractivity contribution is 5.86. The van der Waals surface area contributed by atoms with Crippen molar-refractivity contribution in [3.05, 3.63) is 29.8 Å². The molecule has 1 heterocycles. The van der Waals surface area contributed by atoms with Crippen LogP contribution in [0, 0.1) is 0 Å². The van der Waals surface area contributed by atoms with Gasteiger partial charge >= 0.3 is 0 Å². The summed E-state index contributed by atoms with van der Waals surface area (Å²) in [6.45, 7) is 3.52. The van der Waals surface area contributed by atoms with Crippen LogP contribution in [0.3, 0.4) is 0 Å². The summed E-state index contributed by atoms with van der Waals surface area (Å²) in [6.07, 6.45) is 1.67. The number of carbonyl (C=O) groups excluding carboxylic acids is 1. The Balaban J connectivity index is 1.95. The summed E-state index contributed by atoms with van der Waals surface area (Å²) in [6, 6.07) is 7.99. The number of benzene rings is 1. The molecule has 98 valence electrons. The van der Waals surface area contributed by atoms with E-state index in [4.69, 9.17) is 4.74 Å². The number of rotatable bonds is 4. The summed E-state index contributed by atoms with van der Waals surface area (Å²) >= 11 is 0. The first-order valence-electron chi connectivity index (χ1n) is 6.30. The highest BCUT2D eigenvalue weighted by atomic mass is 16.5. The molecule has 0 radical (unpaired) electrons. The van der Waals surface area contributed by atoms with Crippen molar-refractivity contribution >= 4 is 5.91 Å². The lowest BCUT2D eigenvalue weighted by molar-refractivity contribution is -0.128. The number of amides is 1. The van der Waals surface area contributed by atoms with E-state index in [0.29, 0.717) is 0 Å². The highest BCUT2D eigenvalue weighted by Gasteiger charge is 2.34. The molecule has 2 rings (SSSR count). The third kappa shape index (κ3) is 2.82. The minimum atomic E-state index is -0.446. The predicted molar refractivity (Wildman–Crippen MR) is 70.7 cm³/mol. The maximum absolute atomic E-state index is 11.8. The summed E-state index contributed by atoms with van der Waals surface area (Å²) in [7, 11) is 1.66. The average Bonchev–Trinajstić information content (AvgIpc) is 2.41. The molecule has 1 atom stereocenters. The maximum Gasteiger partial charge on any atom is 0.240 e. The average molecular weight is 248 g/mol. The Labute approximate surface area is 108 Å². The number of nitrogens with one attached hydrogen (secondary N) is 2. The van der Waals surface area contributed by atoms with E-state index in [1.165, 1.54) is 5.56 Å². The van der Waals surface area contributed by atoms with Crippen molar-refractivity contribution in [1.82, 2.24) is 10.6 Å². The fourth-order valence-corrected chi connectivity index (χ4v) is 2.18. The second-order valence-corrected chi connectivity index (χ2v) is 4.86. The van der Waals surface area contributed by atoms with Crippen LogP contribution in [0.4, 0.5) is 0 Å². The predicted octanol–water partition coefficient (Wildman–Crippen LogP) is 1.11. The standard InChI is InChI=1S/C14H20N2O2/c1-14(13(17)15-9-10-16-14)8-7-11-3-5-12(18-2)6-4-11/h3-6,16H,7-10H2,1-2H3,(H,15,17). The van der Waals surface area contributed by atoms with Crippen LogP contribution in [0.15, 0.2) is 24.3 Å². The second-order valence-electron chi connectivity index (χ2n) is 4.86. The summed E-state index contributed by atoms with van der Waals surface area (Å²) in [4.78, 5) is 11.8. The number of hydrogen-bond acceptors (Lipinski definition) is 3. The summed E-state index contributed by atoms with van der Waals surface area (Å²) in [5.74, 6) is 0.959. The zero-order valence-electron chi connectivity index (χ0n) is 11.0. The van der Waals surface area contributed by atoms with Crippen molar-refractivity contribution in [1.29, 1.82) is 0 Å². The van der Waals surface area contributed by atoms with E-state index in [9.17, 15) is 4.79 Å². The molecule has 1 unspecified atom stereocenters. The van der Waals surface area contributed by atoms with Gasteiger partial charge in [-0.1, -0.05) is 12.1 Å². The van der Waals surface area contributed by atoms with E-state index >= 15 is 0 Å². The molecule has 1 saturated heterocycles. The number of methoxy groups -OCH3 is 1. The lowest BCUT2D eigenvalue weighted by atomic mass is 9.91. The first kappa shape index (κ1) is 12.9. The largest absolute Gasteiger partial charge is 0.497 e. The molecule has 0 aromatic heterocycles.